The molecule has 1 aromatic rings. The van der Waals surface area contributed by atoms with Crippen molar-refractivity contribution >= 4 is 23.2 Å². The quantitative estimate of drug-likeness (QED) is 0.601. The molecule has 1 unspecified atom stereocenters. The van der Waals surface area contributed by atoms with Gasteiger partial charge in [0.15, 0.2) is 0 Å². The van der Waals surface area contributed by atoms with E-state index in [1.54, 1.807) is 25.1 Å². The van der Waals surface area contributed by atoms with Crippen molar-refractivity contribution in [3.8, 4) is 17.6 Å². The van der Waals surface area contributed by atoms with Crippen molar-refractivity contribution in [1.82, 2.24) is 5.32 Å². The number of ether oxygens (including phenoxy) is 1. The predicted molar refractivity (Wildman–Crippen MR) is 78.9 cm³/mol. The number of hydrogen-bond acceptors (Lipinski definition) is 3. The Bertz CT molecular complexity index is 454. The topological polar surface area (TPSA) is 41.5 Å². The van der Waals surface area contributed by atoms with E-state index in [-0.39, 0.29) is 6.61 Å². The van der Waals surface area contributed by atoms with Gasteiger partial charge < -0.3 is 15.2 Å². The Morgan fingerprint density at radius 2 is 2.21 bits per heavy atom. The number of aliphatic hydroxyl groups is 1. The molecule has 0 fully saturated rings. The molecule has 2 N–H and O–H groups in total. The minimum atomic E-state index is -0.607. The van der Waals surface area contributed by atoms with E-state index in [0.717, 1.165) is 13.0 Å². The van der Waals surface area contributed by atoms with Gasteiger partial charge in [0.05, 0.1) is 5.02 Å². The molecule has 5 heteroatoms. The second kappa shape index (κ2) is 9.06. The average Bonchev–Trinajstić information content (AvgIpc) is 2.39. The van der Waals surface area contributed by atoms with Gasteiger partial charge in [-0.15, -0.1) is 11.8 Å². The third-order valence-corrected chi connectivity index (χ3v) is 2.86. The third-order valence-electron chi connectivity index (χ3n) is 2.31. The first kappa shape index (κ1) is 16.1. The second-order valence-electron chi connectivity index (χ2n) is 3.92. The summed E-state index contributed by atoms with van der Waals surface area (Å²) in [6.07, 6.45) is 0.161. The van der Waals surface area contributed by atoms with Crippen LogP contribution in [-0.2, 0) is 0 Å². The number of rotatable bonds is 7. The van der Waals surface area contributed by atoms with Gasteiger partial charge in [-0.2, -0.15) is 0 Å². The zero-order valence-electron chi connectivity index (χ0n) is 10.7. The zero-order chi connectivity index (χ0) is 14.1. The lowest BCUT2D eigenvalue weighted by Crippen LogP contribution is -2.31. The maximum absolute atomic E-state index is 9.73. The molecular formula is C14H17Cl2NO2. The van der Waals surface area contributed by atoms with Gasteiger partial charge in [-0.3, -0.25) is 0 Å². The Morgan fingerprint density at radius 3 is 2.95 bits per heavy atom. The minimum absolute atomic E-state index is 0.159. The van der Waals surface area contributed by atoms with Crippen molar-refractivity contribution in [2.75, 3.05) is 19.7 Å². The Labute approximate surface area is 123 Å². The minimum Gasteiger partial charge on any atom is -0.489 e. The molecule has 1 aromatic carbocycles. The highest BCUT2D eigenvalue weighted by atomic mass is 35.5. The molecule has 0 radical (unpaired) electrons. The van der Waals surface area contributed by atoms with E-state index in [9.17, 15) is 5.11 Å². The van der Waals surface area contributed by atoms with Crippen LogP contribution in [0, 0.1) is 11.8 Å². The molecule has 1 rings (SSSR count). The summed E-state index contributed by atoms with van der Waals surface area (Å²) in [4.78, 5) is 0. The van der Waals surface area contributed by atoms with Gasteiger partial charge in [0, 0.05) is 30.6 Å². The summed E-state index contributed by atoms with van der Waals surface area (Å²) in [5.41, 5.74) is 0. The van der Waals surface area contributed by atoms with E-state index in [1.165, 1.54) is 0 Å². The van der Waals surface area contributed by atoms with E-state index in [0.29, 0.717) is 22.3 Å². The van der Waals surface area contributed by atoms with Gasteiger partial charge in [0.1, 0.15) is 18.5 Å². The first-order valence-corrected chi connectivity index (χ1v) is 6.75. The molecule has 0 bridgehead atoms. The number of nitrogens with one attached hydrogen (secondary N) is 1. The fourth-order valence-corrected chi connectivity index (χ4v) is 1.71. The van der Waals surface area contributed by atoms with Gasteiger partial charge in [-0.1, -0.05) is 23.2 Å². The first-order valence-electron chi connectivity index (χ1n) is 5.99. The van der Waals surface area contributed by atoms with Crippen molar-refractivity contribution in [3.05, 3.63) is 28.2 Å². The van der Waals surface area contributed by atoms with Crippen LogP contribution >= 0.6 is 23.2 Å². The summed E-state index contributed by atoms with van der Waals surface area (Å²) < 4.78 is 5.42. The molecular weight excluding hydrogens is 285 g/mol. The first-order chi connectivity index (χ1) is 9.13. The molecule has 0 aliphatic rings. The van der Waals surface area contributed by atoms with Gasteiger partial charge >= 0.3 is 0 Å². The van der Waals surface area contributed by atoms with Gasteiger partial charge in [0.25, 0.3) is 0 Å². The summed E-state index contributed by atoms with van der Waals surface area (Å²) in [7, 11) is 0. The lowest BCUT2D eigenvalue weighted by molar-refractivity contribution is 0.107. The van der Waals surface area contributed by atoms with E-state index in [4.69, 9.17) is 27.9 Å². The highest BCUT2D eigenvalue weighted by Crippen LogP contribution is 2.27. The van der Waals surface area contributed by atoms with E-state index >= 15 is 0 Å². The standard InChI is InChI=1S/C14H17Cl2NO2/c1-2-3-4-7-17-9-12(18)10-19-14-8-11(15)5-6-13(14)16/h5-6,8,12,17-18H,4,7,9-10H2,1H3. The molecule has 3 nitrogen and oxygen atoms in total. The van der Waals surface area contributed by atoms with Crippen LogP contribution in [0.2, 0.25) is 10.0 Å². The Balaban J connectivity index is 2.27. The van der Waals surface area contributed by atoms with Crippen LogP contribution in [0.3, 0.4) is 0 Å². The molecule has 0 saturated heterocycles. The lowest BCUT2D eigenvalue weighted by atomic mass is 10.3. The molecule has 0 aliphatic carbocycles. The van der Waals surface area contributed by atoms with Crippen LogP contribution < -0.4 is 10.1 Å². The Morgan fingerprint density at radius 1 is 1.42 bits per heavy atom. The Hall–Kier alpha value is -0.920. The maximum atomic E-state index is 9.73. The van der Waals surface area contributed by atoms with Crippen molar-refractivity contribution in [2.45, 2.75) is 19.4 Å². The molecule has 0 saturated carbocycles. The van der Waals surface area contributed by atoms with Crippen molar-refractivity contribution in [2.24, 2.45) is 0 Å². The maximum Gasteiger partial charge on any atom is 0.139 e. The highest BCUT2D eigenvalue weighted by molar-refractivity contribution is 6.34. The largest absolute Gasteiger partial charge is 0.489 e. The number of benzene rings is 1. The molecule has 0 aromatic heterocycles. The zero-order valence-corrected chi connectivity index (χ0v) is 12.3. The predicted octanol–water partition coefficient (Wildman–Crippen LogP) is 2.74. The number of aliphatic hydroxyl groups excluding tert-OH is 1. The molecule has 0 aliphatic heterocycles. The molecule has 19 heavy (non-hydrogen) atoms. The van der Waals surface area contributed by atoms with Crippen LogP contribution in [0.5, 0.6) is 5.75 Å². The van der Waals surface area contributed by atoms with Crippen LogP contribution in [0.15, 0.2) is 18.2 Å². The van der Waals surface area contributed by atoms with Gasteiger partial charge in [0.2, 0.25) is 0 Å². The molecule has 104 valence electrons. The van der Waals surface area contributed by atoms with Crippen LogP contribution in [0.4, 0.5) is 0 Å². The molecule has 0 heterocycles. The Kier molecular flexibility index (Phi) is 7.69. The third kappa shape index (κ3) is 6.70. The molecule has 0 amide bonds. The SMILES string of the molecule is CC#CCCNCC(O)COc1cc(Cl)ccc1Cl. The highest BCUT2D eigenvalue weighted by Gasteiger charge is 2.07. The number of halogens is 2. The monoisotopic (exact) mass is 301 g/mol. The summed E-state index contributed by atoms with van der Waals surface area (Å²) in [5.74, 6) is 6.22. The fourth-order valence-electron chi connectivity index (χ4n) is 1.38. The van der Waals surface area contributed by atoms with Crippen LogP contribution in [0.1, 0.15) is 13.3 Å². The van der Waals surface area contributed by atoms with Crippen molar-refractivity contribution in [1.29, 1.82) is 0 Å². The van der Waals surface area contributed by atoms with Crippen LogP contribution in [-0.4, -0.2) is 30.9 Å². The van der Waals surface area contributed by atoms with Crippen LogP contribution in [0.25, 0.3) is 0 Å². The van der Waals surface area contributed by atoms with E-state index in [2.05, 4.69) is 17.2 Å². The van der Waals surface area contributed by atoms with Gasteiger partial charge in [-0.25, -0.2) is 0 Å². The van der Waals surface area contributed by atoms with E-state index in [1.807, 2.05) is 0 Å². The number of hydrogen-bond donors (Lipinski definition) is 2. The average molecular weight is 302 g/mol. The fraction of sp³-hybridized carbons (Fsp3) is 0.429. The lowest BCUT2D eigenvalue weighted by Gasteiger charge is -2.13. The molecule has 0 spiro atoms. The second-order valence-corrected chi connectivity index (χ2v) is 4.76. The normalized spacial score (nSPS) is 11.6. The van der Waals surface area contributed by atoms with E-state index < -0.39 is 6.10 Å². The van der Waals surface area contributed by atoms with Gasteiger partial charge in [-0.05, 0) is 19.1 Å². The summed E-state index contributed by atoms with van der Waals surface area (Å²) in [6.45, 7) is 3.16. The summed E-state index contributed by atoms with van der Waals surface area (Å²) in [5, 5.41) is 13.8. The van der Waals surface area contributed by atoms with Crippen molar-refractivity contribution < 1.29 is 9.84 Å². The smallest absolute Gasteiger partial charge is 0.139 e. The molecule has 1 atom stereocenters. The summed E-state index contributed by atoms with van der Waals surface area (Å²) in [6, 6.07) is 4.97. The van der Waals surface area contributed by atoms with Crippen molar-refractivity contribution in [3.63, 3.8) is 0 Å². The summed E-state index contributed by atoms with van der Waals surface area (Å²) >= 11 is 11.8.